The maximum atomic E-state index is 15.1. The molecule has 28 nitrogen and oxygen atoms in total. The largest absolute Gasteiger partial charge is 0.381 e. The first-order valence-corrected chi connectivity index (χ1v) is 53.8. The average molecular weight is 1980 g/mol. The lowest BCUT2D eigenvalue weighted by atomic mass is 9.96. The van der Waals surface area contributed by atoms with E-state index in [1.165, 1.54) is 0 Å². The lowest BCUT2D eigenvalue weighted by Crippen LogP contribution is -2.61. The van der Waals surface area contributed by atoms with E-state index in [9.17, 15) is 0 Å². The molecule has 10 atom stereocenters. The molecular formula is C112H140N8O20P2. The third-order valence-corrected chi connectivity index (χ3v) is 28.2. The molecule has 0 saturated carbocycles. The molecule has 2 aromatic heterocycles. The summed E-state index contributed by atoms with van der Waals surface area (Å²) in [5.74, 6) is 1.61. The van der Waals surface area contributed by atoms with Gasteiger partial charge in [0, 0.05) is 92.0 Å². The summed E-state index contributed by atoms with van der Waals surface area (Å²) in [6, 6.07) is 98.8. The molecule has 2 saturated heterocycles. The molecule has 14 rings (SSSR count). The van der Waals surface area contributed by atoms with Gasteiger partial charge in [-0.2, -0.15) is 0 Å². The number of unbranched alkanes of at least 4 members (excludes halogenated alkanes) is 5. The highest BCUT2D eigenvalue weighted by Gasteiger charge is 2.52. The van der Waals surface area contributed by atoms with E-state index in [2.05, 4.69) is 31.1 Å². The number of hydrogen-bond acceptors (Lipinski definition) is 26. The molecule has 30 heteroatoms. The van der Waals surface area contributed by atoms with E-state index >= 15 is 9.13 Å². The highest BCUT2D eigenvalue weighted by molar-refractivity contribution is 7.54. The number of aryl methyl sites for hydroxylation is 4. The van der Waals surface area contributed by atoms with Crippen molar-refractivity contribution in [2.24, 2.45) is 0 Å². The van der Waals surface area contributed by atoms with Crippen molar-refractivity contribution in [3.05, 3.63) is 371 Å². The summed E-state index contributed by atoms with van der Waals surface area (Å²) >= 11 is 0. The van der Waals surface area contributed by atoms with Crippen LogP contribution in [0.3, 0.4) is 0 Å². The second-order valence-electron chi connectivity index (χ2n) is 35.5. The normalized spacial score (nSPS) is 18.3. The van der Waals surface area contributed by atoms with E-state index in [1.807, 2.05) is 313 Å². The minimum atomic E-state index is -3.79. The van der Waals surface area contributed by atoms with E-state index in [-0.39, 0.29) is 91.2 Å². The molecule has 10 aromatic carbocycles. The van der Waals surface area contributed by atoms with Crippen molar-refractivity contribution < 1.29 is 93.5 Å². The Morgan fingerprint density at radius 1 is 0.239 bits per heavy atom. The minimum absolute atomic E-state index is 0.0247. The lowest BCUT2D eigenvalue weighted by molar-refractivity contribution is -0.323. The first-order valence-electron chi connectivity index (χ1n) is 50.4. The van der Waals surface area contributed by atoms with Crippen molar-refractivity contribution >= 4 is 15.2 Å². The maximum absolute atomic E-state index is 15.1. The van der Waals surface area contributed by atoms with Crippen LogP contribution in [0.4, 0.5) is 0 Å². The van der Waals surface area contributed by atoms with Gasteiger partial charge in [0.2, 0.25) is 0 Å². The molecule has 0 N–H and O–H groups in total. The summed E-state index contributed by atoms with van der Waals surface area (Å²) in [6.45, 7) is 9.09. The molecule has 2 fully saturated rings. The average Bonchev–Trinajstić information content (AvgIpc) is 1.32. The third kappa shape index (κ3) is 38.6. The van der Waals surface area contributed by atoms with Crippen molar-refractivity contribution in [2.45, 2.75) is 243 Å². The first-order chi connectivity index (χ1) is 70.2. The van der Waals surface area contributed by atoms with E-state index in [1.54, 1.807) is 0 Å². The van der Waals surface area contributed by atoms with Crippen molar-refractivity contribution in [1.29, 1.82) is 0 Å². The van der Waals surface area contributed by atoms with Gasteiger partial charge in [-0.3, -0.25) is 9.13 Å². The Labute approximate surface area is 836 Å². The van der Waals surface area contributed by atoms with E-state index in [4.69, 9.17) is 84.4 Å². The third-order valence-electron chi connectivity index (χ3n) is 24.5. The SMILES string of the molecule is O=P(CC[C@H]1O[C@H](OCCCCn2nnnc2CCCOCCCCOCCCCOCCCCOCCCc2nnnn2CCCCO[C@H]2O[C@H](CCP(=O)(OCc3ccccc3)OCc3ccccc3)[C@@H](OCc3ccccc3)[C@H](OCc3ccccc3)[C@@H]2OCc2ccccc2)[C@@H](OCc2ccccc2)[C@@H](OCc2ccccc2)[C@@H]1OCc1ccccc1)(OCc1ccccc1)OCc1ccccc1. The Balaban J connectivity index is 0.463. The van der Waals surface area contributed by atoms with Crippen LogP contribution in [0.5, 0.6) is 0 Å². The Morgan fingerprint density at radius 2 is 0.458 bits per heavy atom. The van der Waals surface area contributed by atoms with Crippen LogP contribution in [-0.2, 0) is 186 Å². The summed E-state index contributed by atoms with van der Waals surface area (Å²) in [6.07, 6.45) is 4.16. The fourth-order valence-electron chi connectivity index (χ4n) is 16.7. The maximum Gasteiger partial charge on any atom is 0.331 e. The molecule has 0 unspecified atom stereocenters. The number of ether oxygens (including phenoxy) is 14. The molecule has 0 radical (unpaired) electrons. The van der Waals surface area contributed by atoms with Crippen LogP contribution in [-0.4, -0.2) is 180 Å². The lowest BCUT2D eigenvalue weighted by Gasteiger charge is -2.46. The molecule has 0 spiro atoms. The van der Waals surface area contributed by atoms with Crippen LogP contribution < -0.4 is 0 Å². The number of aromatic nitrogens is 8. The number of nitrogens with zero attached hydrogens (tertiary/aromatic N) is 8. The van der Waals surface area contributed by atoms with E-state index < -0.39 is 76.6 Å². The molecule has 0 aliphatic carbocycles. The van der Waals surface area contributed by atoms with E-state index in [0.29, 0.717) is 105 Å². The quantitative estimate of drug-likeness (QED) is 0.0253. The minimum Gasteiger partial charge on any atom is -0.381 e. The summed E-state index contributed by atoms with van der Waals surface area (Å²) in [5, 5.41) is 25.6. The van der Waals surface area contributed by atoms with Crippen molar-refractivity contribution in [1.82, 2.24) is 40.4 Å². The highest BCUT2D eigenvalue weighted by atomic mass is 31.2. The van der Waals surface area contributed by atoms with Crippen molar-refractivity contribution in [3.8, 4) is 0 Å². The monoisotopic (exact) mass is 1980 g/mol. The second-order valence-corrected chi connectivity index (χ2v) is 39.9. The molecule has 2 aliphatic rings. The van der Waals surface area contributed by atoms with Crippen LogP contribution in [0.15, 0.2) is 303 Å². The van der Waals surface area contributed by atoms with Gasteiger partial charge in [0.05, 0.1) is 90.6 Å². The van der Waals surface area contributed by atoms with Crippen LogP contribution in [0.25, 0.3) is 0 Å². The zero-order chi connectivity index (χ0) is 97.5. The van der Waals surface area contributed by atoms with Crippen LogP contribution >= 0.6 is 15.2 Å². The molecule has 758 valence electrons. The van der Waals surface area contributed by atoms with Crippen LogP contribution in [0.1, 0.15) is 157 Å². The predicted octanol–water partition coefficient (Wildman–Crippen LogP) is 21.2. The van der Waals surface area contributed by atoms with Crippen LogP contribution in [0, 0.1) is 0 Å². The van der Waals surface area contributed by atoms with Gasteiger partial charge in [-0.25, -0.2) is 9.36 Å². The van der Waals surface area contributed by atoms with Crippen LogP contribution in [0.2, 0.25) is 0 Å². The predicted molar refractivity (Wildman–Crippen MR) is 540 cm³/mol. The molecule has 142 heavy (non-hydrogen) atoms. The number of hydrogen-bond donors (Lipinski definition) is 0. The van der Waals surface area contributed by atoms with Gasteiger partial charge in [-0.05, 0) is 166 Å². The van der Waals surface area contributed by atoms with E-state index in [0.717, 1.165) is 131 Å². The summed E-state index contributed by atoms with van der Waals surface area (Å²) < 4.78 is 153. The summed E-state index contributed by atoms with van der Waals surface area (Å²) in [5.41, 5.74) is 9.35. The van der Waals surface area contributed by atoms with Gasteiger partial charge in [0.25, 0.3) is 0 Å². The van der Waals surface area contributed by atoms with Gasteiger partial charge in [0.1, 0.15) is 36.6 Å². The van der Waals surface area contributed by atoms with Gasteiger partial charge in [-0.15, -0.1) is 10.2 Å². The smallest absolute Gasteiger partial charge is 0.331 e. The molecule has 12 aromatic rings. The van der Waals surface area contributed by atoms with Gasteiger partial charge in [-0.1, -0.05) is 303 Å². The molecular weight excluding hydrogens is 1840 g/mol. The molecule has 4 heterocycles. The molecule has 2 aliphatic heterocycles. The zero-order valence-corrected chi connectivity index (χ0v) is 83.4. The van der Waals surface area contributed by atoms with Gasteiger partial charge >= 0.3 is 15.2 Å². The summed E-state index contributed by atoms with van der Waals surface area (Å²) in [4.78, 5) is 0. The fraction of sp³-hybridized carbons (Fsp3) is 0.446. The number of rotatable bonds is 71. The summed E-state index contributed by atoms with van der Waals surface area (Å²) in [7, 11) is -7.59. The van der Waals surface area contributed by atoms with Gasteiger partial charge < -0.3 is 84.4 Å². The number of tetrazole rings is 2. The molecule has 0 amide bonds. The Morgan fingerprint density at radius 3 is 0.711 bits per heavy atom. The Bertz CT molecular complexity index is 4980. The van der Waals surface area contributed by atoms with Gasteiger partial charge in [0.15, 0.2) is 24.2 Å². The number of benzene rings is 10. The first kappa shape index (κ1) is 108. The Kier molecular flexibility index (Phi) is 47.6. The second kappa shape index (κ2) is 62.7. The fourth-order valence-corrected chi connectivity index (χ4v) is 19.9. The topological polar surface area (TPSA) is 287 Å². The zero-order valence-electron chi connectivity index (χ0n) is 81.6. The molecule has 0 bridgehead atoms. The highest BCUT2D eigenvalue weighted by Crippen LogP contribution is 2.53. The van der Waals surface area contributed by atoms with Crippen molar-refractivity contribution in [2.75, 3.05) is 78.4 Å². The Hall–Kier alpha value is -9.92. The van der Waals surface area contributed by atoms with Crippen molar-refractivity contribution in [3.63, 3.8) is 0 Å². The standard InChI is InChI=1S/C112H140N8O20P2/c121-141(135-87-97-55-23-7-24-56-97,136-88-98-57-25-8-26-58-98)79-65-101-105(129-81-91-43-11-1-12-44-91)107(131-83-93-47-15-3-16-48-93)109(133-85-95-51-19-5-20-52-95)111(139-101)127-77-33-31-67-119-103(113-115-117-119)63-41-75-125-73-39-37-71-123-69-35-36-70-124-72-38-40-74-126-76-42-64-104-114-116-118-120(104)68-32-34-78-128-112-110(134-86-96-53-21-6-22-54-96)108(132-84-94-49-17-4-18-50-94)106(130-82-92-45-13-2-14-46-92)102(140-112)66-80-142(122,137-89-99-59-27-9-28-60-99)138-90-100-61-29-10-30-62-100/h1-30,43-62,101-102,105-112H,31-42,63-90H2/t101-,102-,105-,106-,107+,108+,109+,110+,111+,112+/m1/s1.